The van der Waals surface area contributed by atoms with Crippen LogP contribution < -0.4 is 35.9 Å². The summed E-state index contributed by atoms with van der Waals surface area (Å²) in [6, 6.07) is 56.1. The molecule has 8 aromatic rings. The van der Waals surface area contributed by atoms with Crippen molar-refractivity contribution in [2.45, 2.75) is 31.1 Å². The standard InChI is InChI=1S/C53H44N2O6P2/c1-34-20-30-44(46(54)32-34)52(2,62(57)50-18-10-6-14-42(50)40-12-4-8-16-48(40)60-62)35-21-26-38(27-22-35)59-39-28-23-36(24-29-39)53(3,45-31-25-37(56)33-47(45)55)63(58)51-19-11-7-15-43(51)41-13-5-9-17-49(41)61-63/h4-33,56H,54-55H2,1-3H3. The lowest BCUT2D eigenvalue weighted by Crippen LogP contribution is -2.35. The fourth-order valence-corrected chi connectivity index (χ4v) is 15.4. The first-order valence-electron chi connectivity index (χ1n) is 20.7. The third-order valence-corrected chi connectivity index (χ3v) is 19.1. The van der Waals surface area contributed by atoms with Crippen LogP contribution in [0.25, 0.3) is 22.3 Å². The molecule has 0 aromatic heterocycles. The van der Waals surface area contributed by atoms with Crippen LogP contribution in [0.3, 0.4) is 0 Å². The average molecular weight is 867 g/mol. The average Bonchev–Trinajstić information content (AvgIpc) is 3.29. The quantitative estimate of drug-likeness (QED) is 0.102. The van der Waals surface area contributed by atoms with Crippen LogP contribution in [0.4, 0.5) is 11.4 Å². The summed E-state index contributed by atoms with van der Waals surface area (Å²) in [5.74, 6) is 2.14. The van der Waals surface area contributed by atoms with Crippen LogP contribution in [0.1, 0.15) is 41.7 Å². The second-order valence-corrected chi connectivity index (χ2v) is 21.8. The van der Waals surface area contributed by atoms with Gasteiger partial charge in [-0.1, -0.05) is 115 Å². The summed E-state index contributed by atoms with van der Waals surface area (Å²) in [6.07, 6.45) is 0. The summed E-state index contributed by atoms with van der Waals surface area (Å²) in [6.45, 7) is 5.81. The second kappa shape index (κ2) is 14.8. The number of ether oxygens (including phenoxy) is 1. The SMILES string of the molecule is Cc1ccc(C(C)(c2ccc(Oc3ccc(C(C)(c4ccc(O)cc4N)P4(=O)Oc5ccccc5-c5ccccc54)cc3)cc2)P2(=O)Oc3ccccc3-c3ccccc32)c(N)c1. The number of aryl methyl sites for hydroxylation is 1. The number of fused-ring (bicyclic) bond motifs is 6. The van der Waals surface area contributed by atoms with Crippen molar-refractivity contribution in [3.8, 4) is 51.0 Å². The van der Waals surface area contributed by atoms with Gasteiger partial charge in [0.2, 0.25) is 0 Å². The van der Waals surface area contributed by atoms with Crippen molar-refractivity contribution in [2.75, 3.05) is 11.5 Å². The van der Waals surface area contributed by atoms with Crippen molar-refractivity contribution in [1.82, 2.24) is 0 Å². The Bertz CT molecular complexity index is 2990. The molecule has 0 aliphatic carbocycles. The number of aromatic hydroxyl groups is 1. The number of phenolic OH excluding ortho intramolecular Hbond substituents is 1. The lowest BCUT2D eigenvalue weighted by atomic mass is 9.90. The number of hydrogen-bond acceptors (Lipinski definition) is 8. The molecular formula is C53H44N2O6P2. The summed E-state index contributed by atoms with van der Waals surface area (Å²) < 4.78 is 51.8. The predicted molar refractivity (Wildman–Crippen MR) is 253 cm³/mol. The van der Waals surface area contributed by atoms with E-state index in [1.807, 2.05) is 185 Å². The van der Waals surface area contributed by atoms with E-state index in [1.54, 1.807) is 12.1 Å². The minimum absolute atomic E-state index is 0.00156. The highest BCUT2D eigenvalue weighted by molar-refractivity contribution is 7.69. The van der Waals surface area contributed by atoms with E-state index in [0.29, 0.717) is 56.0 Å². The first-order valence-corrected chi connectivity index (χ1v) is 23.9. The Morgan fingerprint density at radius 3 is 1.33 bits per heavy atom. The van der Waals surface area contributed by atoms with Crippen LogP contribution in [0.15, 0.2) is 182 Å². The van der Waals surface area contributed by atoms with E-state index < -0.39 is 25.0 Å². The van der Waals surface area contributed by atoms with Crippen LogP contribution in [-0.2, 0) is 19.4 Å². The Labute approximate surface area is 366 Å². The highest BCUT2D eigenvalue weighted by atomic mass is 31.2. The summed E-state index contributed by atoms with van der Waals surface area (Å²) in [5.41, 5.74) is 21.3. The molecule has 0 saturated heterocycles. The number of nitrogens with two attached hydrogens (primary N) is 2. The van der Waals surface area contributed by atoms with Gasteiger partial charge in [0.25, 0.3) is 14.7 Å². The topological polar surface area (TPSA) is 134 Å². The fraction of sp³-hybridized carbons (Fsp3) is 0.0943. The highest BCUT2D eigenvalue weighted by Crippen LogP contribution is 2.71. The molecule has 8 aromatic carbocycles. The molecule has 4 atom stereocenters. The molecule has 2 aliphatic heterocycles. The van der Waals surface area contributed by atoms with Gasteiger partial charge in [-0.15, -0.1) is 0 Å². The van der Waals surface area contributed by atoms with E-state index in [1.165, 1.54) is 6.07 Å². The van der Waals surface area contributed by atoms with Gasteiger partial charge in [0.05, 0.1) is 10.6 Å². The number of hydrogen-bond donors (Lipinski definition) is 3. The van der Waals surface area contributed by atoms with E-state index in [9.17, 15) is 5.11 Å². The van der Waals surface area contributed by atoms with Gasteiger partial charge in [-0.05, 0) is 120 Å². The molecule has 0 saturated carbocycles. The molecular weight excluding hydrogens is 823 g/mol. The van der Waals surface area contributed by atoms with E-state index in [4.69, 9.17) is 25.3 Å². The van der Waals surface area contributed by atoms with Crippen molar-refractivity contribution in [3.63, 3.8) is 0 Å². The van der Waals surface area contributed by atoms with Crippen LogP contribution in [0.2, 0.25) is 0 Å². The number of phenols is 1. The van der Waals surface area contributed by atoms with Crippen molar-refractivity contribution < 1.29 is 28.0 Å². The molecule has 0 radical (unpaired) electrons. The Balaban J connectivity index is 1.03. The number of benzene rings is 8. The van der Waals surface area contributed by atoms with Crippen LogP contribution in [0, 0.1) is 6.92 Å². The lowest BCUT2D eigenvalue weighted by Gasteiger charge is -2.42. The van der Waals surface area contributed by atoms with Gasteiger partial charge in [0.1, 0.15) is 39.1 Å². The molecule has 0 amide bonds. The van der Waals surface area contributed by atoms with Gasteiger partial charge in [0.15, 0.2) is 0 Å². The maximum absolute atomic E-state index is 16.0. The molecule has 0 fully saturated rings. The van der Waals surface area contributed by atoms with Crippen molar-refractivity contribution in [3.05, 3.63) is 210 Å². The van der Waals surface area contributed by atoms with Crippen LogP contribution in [-0.4, -0.2) is 5.11 Å². The zero-order valence-electron chi connectivity index (χ0n) is 34.9. The third-order valence-electron chi connectivity index (χ3n) is 12.8. The van der Waals surface area contributed by atoms with Gasteiger partial charge in [-0.2, -0.15) is 0 Å². The largest absolute Gasteiger partial charge is 0.508 e. The predicted octanol–water partition coefficient (Wildman–Crippen LogP) is 12.5. The fourth-order valence-electron chi connectivity index (χ4n) is 9.41. The number of anilines is 2. The zero-order valence-corrected chi connectivity index (χ0v) is 36.6. The minimum atomic E-state index is -3.88. The molecule has 0 bridgehead atoms. The molecule has 4 unspecified atom stereocenters. The molecule has 312 valence electrons. The smallest absolute Gasteiger partial charge is 0.292 e. The molecule has 2 heterocycles. The third kappa shape index (κ3) is 6.12. The Morgan fingerprint density at radius 2 is 0.889 bits per heavy atom. The van der Waals surface area contributed by atoms with E-state index in [2.05, 4.69) is 0 Å². The number of para-hydroxylation sites is 2. The van der Waals surface area contributed by atoms with Crippen LogP contribution in [0.5, 0.6) is 28.7 Å². The number of nitrogen functional groups attached to an aromatic ring is 2. The monoisotopic (exact) mass is 866 g/mol. The molecule has 8 nitrogen and oxygen atoms in total. The van der Waals surface area contributed by atoms with Crippen molar-refractivity contribution in [2.24, 2.45) is 0 Å². The minimum Gasteiger partial charge on any atom is -0.508 e. The Kier molecular flexibility index (Phi) is 9.45. The normalized spacial score (nSPS) is 19.0. The van der Waals surface area contributed by atoms with Gasteiger partial charge >= 0.3 is 0 Å². The molecule has 10 heteroatoms. The molecule has 2 aliphatic rings. The maximum Gasteiger partial charge on any atom is 0.292 e. The summed E-state index contributed by atoms with van der Waals surface area (Å²) >= 11 is 0. The molecule has 10 rings (SSSR count). The van der Waals surface area contributed by atoms with Crippen LogP contribution >= 0.6 is 14.7 Å². The van der Waals surface area contributed by atoms with Crippen molar-refractivity contribution in [1.29, 1.82) is 0 Å². The summed E-state index contributed by atoms with van der Waals surface area (Å²) in [7, 11) is -7.69. The molecule has 0 spiro atoms. The molecule has 63 heavy (non-hydrogen) atoms. The van der Waals surface area contributed by atoms with E-state index in [-0.39, 0.29) is 11.4 Å². The lowest BCUT2D eigenvalue weighted by molar-refractivity contribution is 0.461. The Morgan fingerprint density at radius 1 is 0.492 bits per heavy atom. The second-order valence-electron chi connectivity index (χ2n) is 16.5. The molecule has 5 N–H and O–H groups in total. The van der Waals surface area contributed by atoms with Gasteiger partial charge < -0.3 is 30.4 Å². The van der Waals surface area contributed by atoms with E-state index in [0.717, 1.165) is 33.4 Å². The van der Waals surface area contributed by atoms with Gasteiger partial charge in [-0.3, -0.25) is 9.13 Å². The zero-order chi connectivity index (χ0) is 43.7. The van der Waals surface area contributed by atoms with E-state index >= 15 is 9.13 Å². The maximum atomic E-state index is 16.0. The van der Waals surface area contributed by atoms with Gasteiger partial charge in [-0.25, -0.2) is 0 Å². The summed E-state index contributed by atoms with van der Waals surface area (Å²) in [5, 5.41) is 9.06. The first kappa shape index (κ1) is 40.1. The summed E-state index contributed by atoms with van der Waals surface area (Å²) in [4.78, 5) is 0. The first-order chi connectivity index (χ1) is 30.3. The van der Waals surface area contributed by atoms with Crippen molar-refractivity contribution >= 4 is 36.7 Å². The number of rotatable bonds is 8. The highest BCUT2D eigenvalue weighted by Gasteiger charge is 2.56. The Hall–Kier alpha value is -6.98. The van der Waals surface area contributed by atoms with Gasteiger partial charge in [0, 0.05) is 28.6 Å².